The second-order valence-corrected chi connectivity index (χ2v) is 7.74. The number of hydrogen-bond acceptors (Lipinski definition) is 7. The minimum absolute atomic E-state index is 0.00209. The Bertz CT molecular complexity index is 1160. The lowest BCUT2D eigenvalue weighted by Gasteiger charge is -2.26. The first-order valence-electron chi connectivity index (χ1n) is 10.6. The summed E-state index contributed by atoms with van der Waals surface area (Å²) in [4.78, 5) is 6.71. The highest BCUT2D eigenvalue weighted by Gasteiger charge is 2.14. The average Bonchev–Trinajstić information content (AvgIpc) is 2.80. The molecule has 0 amide bonds. The highest BCUT2D eigenvalue weighted by molar-refractivity contribution is 5.95. The molecule has 0 bridgehead atoms. The first-order valence-corrected chi connectivity index (χ1v) is 10.6. The van der Waals surface area contributed by atoms with Gasteiger partial charge in [-0.25, -0.2) is 4.39 Å². The number of rotatable bonds is 7. The molecule has 1 aliphatic rings. The van der Waals surface area contributed by atoms with Crippen LogP contribution in [0, 0.1) is 24.1 Å². The number of hydrogen-bond donors (Lipinski definition) is 2. The van der Waals surface area contributed by atoms with E-state index in [0.717, 1.165) is 39.3 Å². The largest absolute Gasteiger partial charge is 0.508 e. The number of nitrogens with one attached hydrogen (secondary N) is 1. The summed E-state index contributed by atoms with van der Waals surface area (Å²) in [5.74, 6) is -0.00507. The van der Waals surface area contributed by atoms with Gasteiger partial charge in [-0.15, -0.1) is 0 Å². The van der Waals surface area contributed by atoms with E-state index in [1.165, 1.54) is 12.1 Å². The van der Waals surface area contributed by atoms with Crippen molar-refractivity contribution < 1.29 is 19.0 Å². The van der Waals surface area contributed by atoms with Gasteiger partial charge in [0.15, 0.2) is 0 Å². The third-order valence-electron chi connectivity index (χ3n) is 5.50. The van der Waals surface area contributed by atoms with E-state index >= 15 is 0 Å². The number of benzene rings is 2. The molecule has 1 aromatic heterocycles. The Morgan fingerprint density at radius 1 is 1.25 bits per heavy atom. The first-order chi connectivity index (χ1) is 15.5. The summed E-state index contributed by atoms with van der Waals surface area (Å²) in [7, 11) is 0. The SMILES string of the molecule is Cc1cc(F)c(Nc2ccnc3cc(OCCCN4CCOCC4)c(C#N)cc23)cc1O. The van der Waals surface area contributed by atoms with E-state index in [4.69, 9.17) is 9.47 Å². The number of nitrogens with zero attached hydrogens (tertiary/aromatic N) is 3. The van der Waals surface area contributed by atoms with Crippen LogP contribution in [0.4, 0.5) is 15.8 Å². The van der Waals surface area contributed by atoms with E-state index < -0.39 is 5.82 Å². The van der Waals surface area contributed by atoms with E-state index in [-0.39, 0.29) is 11.4 Å². The number of aryl methyl sites for hydroxylation is 1. The number of phenols is 1. The van der Waals surface area contributed by atoms with E-state index in [0.29, 0.717) is 40.1 Å². The zero-order chi connectivity index (χ0) is 22.5. The second-order valence-electron chi connectivity index (χ2n) is 7.74. The average molecular weight is 436 g/mol. The lowest BCUT2D eigenvalue weighted by Crippen LogP contribution is -2.37. The van der Waals surface area contributed by atoms with Crippen molar-refractivity contribution in [3.63, 3.8) is 0 Å². The highest BCUT2D eigenvalue weighted by atomic mass is 19.1. The number of phenolic OH excluding ortho intramolecular Hbond substituents is 1. The van der Waals surface area contributed by atoms with Crippen molar-refractivity contribution in [3.8, 4) is 17.6 Å². The van der Waals surface area contributed by atoms with Crippen molar-refractivity contribution >= 4 is 22.3 Å². The minimum Gasteiger partial charge on any atom is -0.508 e. The van der Waals surface area contributed by atoms with Gasteiger partial charge in [-0.1, -0.05) is 0 Å². The molecule has 0 radical (unpaired) electrons. The van der Waals surface area contributed by atoms with Crippen LogP contribution in [0.25, 0.3) is 10.9 Å². The molecule has 1 saturated heterocycles. The molecule has 0 unspecified atom stereocenters. The lowest BCUT2D eigenvalue weighted by molar-refractivity contribution is 0.0358. The zero-order valence-electron chi connectivity index (χ0n) is 17.9. The molecule has 0 atom stereocenters. The molecule has 7 nitrogen and oxygen atoms in total. The smallest absolute Gasteiger partial charge is 0.147 e. The van der Waals surface area contributed by atoms with Gasteiger partial charge in [0.25, 0.3) is 0 Å². The molecule has 3 aromatic rings. The standard InChI is InChI=1S/C24H25FN4O3/c1-16-11-19(25)22(13-23(16)30)28-20-3-4-27-21-14-24(17(15-26)12-18(20)21)32-8-2-5-29-6-9-31-10-7-29/h3-4,11-14,30H,2,5-10H2,1H3,(H,27,28). The van der Waals surface area contributed by atoms with Gasteiger partial charge in [0.05, 0.1) is 36.6 Å². The number of morpholine rings is 1. The van der Waals surface area contributed by atoms with Crippen molar-refractivity contribution in [2.75, 3.05) is 44.8 Å². The van der Waals surface area contributed by atoms with Gasteiger partial charge in [0, 0.05) is 49.0 Å². The number of fused-ring (bicyclic) bond motifs is 1. The van der Waals surface area contributed by atoms with Crippen LogP contribution < -0.4 is 10.1 Å². The summed E-state index contributed by atoms with van der Waals surface area (Å²) >= 11 is 0. The first kappa shape index (κ1) is 21.8. The number of pyridine rings is 1. The monoisotopic (exact) mass is 436 g/mol. The van der Waals surface area contributed by atoms with Crippen LogP contribution in [-0.2, 0) is 4.74 Å². The maximum absolute atomic E-state index is 14.4. The van der Waals surface area contributed by atoms with Crippen LogP contribution in [0.5, 0.6) is 11.5 Å². The molecule has 1 fully saturated rings. The Labute approximate surface area is 186 Å². The fraction of sp³-hybridized carbons (Fsp3) is 0.333. The molecule has 4 rings (SSSR count). The van der Waals surface area contributed by atoms with Crippen LogP contribution in [0.2, 0.25) is 0 Å². The van der Waals surface area contributed by atoms with Crippen LogP contribution in [0.15, 0.2) is 36.5 Å². The molecule has 1 aliphatic heterocycles. The number of halogens is 1. The predicted molar refractivity (Wildman–Crippen MR) is 120 cm³/mol. The lowest BCUT2D eigenvalue weighted by atomic mass is 10.1. The predicted octanol–water partition coefficient (Wildman–Crippen LogP) is 4.10. The Hall–Kier alpha value is -3.41. The summed E-state index contributed by atoms with van der Waals surface area (Å²) in [6, 6.07) is 9.90. The maximum atomic E-state index is 14.4. The normalized spacial score (nSPS) is 14.3. The summed E-state index contributed by atoms with van der Waals surface area (Å²) in [6.07, 6.45) is 2.44. The van der Waals surface area contributed by atoms with E-state index in [2.05, 4.69) is 21.3 Å². The van der Waals surface area contributed by atoms with Crippen LogP contribution in [-0.4, -0.2) is 54.4 Å². The Morgan fingerprint density at radius 2 is 2.06 bits per heavy atom. The van der Waals surface area contributed by atoms with Crippen LogP contribution >= 0.6 is 0 Å². The summed E-state index contributed by atoms with van der Waals surface area (Å²) in [5.41, 5.74) is 2.17. The Balaban J connectivity index is 1.52. The number of aromatic nitrogens is 1. The van der Waals surface area contributed by atoms with Crippen molar-refractivity contribution in [1.29, 1.82) is 5.26 Å². The number of ether oxygens (including phenoxy) is 2. The van der Waals surface area contributed by atoms with E-state index in [9.17, 15) is 14.8 Å². The summed E-state index contributed by atoms with van der Waals surface area (Å²) in [6.45, 7) is 6.42. The topological polar surface area (TPSA) is 90.6 Å². The molecular formula is C24H25FN4O3. The van der Waals surface area contributed by atoms with Gasteiger partial charge in [0.1, 0.15) is 23.4 Å². The number of nitriles is 1. The second kappa shape index (κ2) is 9.81. The molecule has 0 aliphatic carbocycles. The number of anilines is 2. The molecular weight excluding hydrogens is 411 g/mol. The van der Waals surface area contributed by atoms with Gasteiger partial charge >= 0.3 is 0 Å². The molecule has 0 spiro atoms. The number of aromatic hydroxyl groups is 1. The van der Waals surface area contributed by atoms with Gasteiger partial charge < -0.3 is 19.9 Å². The van der Waals surface area contributed by atoms with E-state index in [1.54, 1.807) is 31.3 Å². The fourth-order valence-corrected chi connectivity index (χ4v) is 3.69. The molecule has 2 heterocycles. The summed E-state index contributed by atoms with van der Waals surface area (Å²) in [5, 5.41) is 23.2. The zero-order valence-corrected chi connectivity index (χ0v) is 17.9. The molecule has 2 aromatic carbocycles. The van der Waals surface area contributed by atoms with Crippen LogP contribution in [0.3, 0.4) is 0 Å². The van der Waals surface area contributed by atoms with Gasteiger partial charge in [-0.3, -0.25) is 9.88 Å². The molecule has 2 N–H and O–H groups in total. The third kappa shape index (κ3) is 4.90. The fourth-order valence-electron chi connectivity index (χ4n) is 3.69. The van der Waals surface area contributed by atoms with Gasteiger partial charge in [-0.2, -0.15) is 5.26 Å². The highest BCUT2D eigenvalue weighted by Crippen LogP contribution is 2.33. The Kier molecular flexibility index (Phi) is 6.69. The van der Waals surface area contributed by atoms with Gasteiger partial charge in [0.2, 0.25) is 0 Å². The van der Waals surface area contributed by atoms with Crippen molar-refractivity contribution in [2.24, 2.45) is 0 Å². The molecule has 0 saturated carbocycles. The van der Waals surface area contributed by atoms with Gasteiger partial charge in [-0.05, 0) is 37.1 Å². The third-order valence-corrected chi connectivity index (χ3v) is 5.50. The molecule has 8 heteroatoms. The summed E-state index contributed by atoms with van der Waals surface area (Å²) < 4.78 is 25.6. The minimum atomic E-state index is -0.481. The van der Waals surface area contributed by atoms with E-state index in [1.807, 2.05) is 0 Å². The maximum Gasteiger partial charge on any atom is 0.147 e. The molecule has 32 heavy (non-hydrogen) atoms. The van der Waals surface area contributed by atoms with Crippen molar-refractivity contribution in [2.45, 2.75) is 13.3 Å². The van der Waals surface area contributed by atoms with Crippen molar-refractivity contribution in [3.05, 3.63) is 53.5 Å². The Morgan fingerprint density at radius 3 is 2.84 bits per heavy atom. The molecule has 166 valence electrons. The quantitative estimate of drug-likeness (QED) is 0.539. The van der Waals surface area contributed by atoms with Crippen molar-refractivity contribution in [1.82, 2.24) is 9.88 Å². The van der Waals surface area contributed by atoms with Crippen LogP contribution in [0.1, 0.15) is 17.5 Å².